The number of aromatic nitrogens is 3. The molecule has 3 heterocycles. The Hall–Kier alpha value is -1.77. The minimum Gasteiger partial charge on any atom is -0.347 e. The van der Waals surface area contributed by atoms with Crippen molar-refractivity contribution in [3.8, 4) is 0 Å². The topological polar surface area (TPSA) is 99.9 Å². The van der Waals surface area contributed by atoms with Crippen LogP contribution in [0.5, 0.6) is 0 Å². The van der Waals surface area contributed by atoms with E-state index in [0.29, 0.717) is 4.91 Å². The molecule has 0 bridgehead atoms. The molecule has 7 nitrogen and oxygen atoms in total. The van der Waals surface area contributed by atoms with E-state index in [-0.39, 0.29) is 30.4 Å². The number of rotatable bonds is 3. The van der Waals surface area contributed by atoms with E-state index in [4.69, 9.17) is 5.73 Å². The first-order valence-electron chi connectivity index (χ1n) is 8.68. The summed E-state index contributed by atoms with van der Waals surface area (Å²) in [5.41, 5.74) is 6.96. The summed E-state index contributed by atoms with van der Waals surface area (Å²) in [6.07, 6.45) is 9.52. The van der Waals surface area contributed by atoms with Crippen LogP contribution in [0.3, 0.4) is 0 Å². The third kappa shape index (κ3) is 3.82. The van der Waals surface area contributed by atoms with Crippen LogP contribution in [-0.2, 0) is 4.79 Å². The van der Waals surface area contributed by atoms with Gasteiger partial charge in [-0.2, -0.15) is 0 Å². The van der Waals surface area contributed by atoms with Crippen LogP contribution in [0, 0.1) is 0 Å². The Morgan fingerprint density at radius 2 is 2.19 bits per heavy atom. The number of halogens is 1. The fraction of sp³-hybridized carbons (Fsp3) is 0.471. The highest BCUT2D eigenvalue weighted by Gasteiger charge is 2.26. The SMILES string of the molecule is Cl.N[C@H]1CCCC[C@H]1NC(=O)C1=CN(c2ncnc3[nH]ccc23)CCS1. The minimum absolute atomic E-state index is 0. The van der Waals surface area contributed by atoms with E-state index >= 15 is 0 Å². The molecule has 140 valence electrons. The predicted molar refractivity (Wildman–Crippen MR) is 107 cm³/mol. The van der Waals surface area contributed by atoms with Crippen molar-refractivity contribution in [1.82, 2.24) is 20.3 Å². The van der Waals surface area contributed by atoms with Crippen LogP contribution in [-0.4, -0.2) is 45.2 Å². The van der Waals surface area contributed by atoms with Crippen molar-refractivity contribution < 1.29 is 4.79 Å². The Morgan fingerprint density at radius 1 is 1.35 bits per heavy atom. The van der Waals surface area contributed by atoms with Gasteiger partial charge in [-0.3, -0.25) is 4.79 Å². The number of thioether (sulfide) groups is 1. The van der Waals surface area contributed by atoms with Gasteiger partial charge in [0, 0.05) is 36.8 Å². The summed E-state index contributed by atoms with van der Waals surface area (Å²) in [6.45, 7) is 0.807. The highest BCUT2D eigenvalue weighted by molar-refractivity contribution is 8.04. The first-order chi connectivity index (χ1) is 12.2. The van der Waals surface area contributed by atoms with Crippen LogP contribution >= 0.6 is 24.2 Å². The Morgan fingerprint density at radius 3 is 3.04 bits per heavy atom. The molecule has 0 radical (unpaired) electrons. The average molecular weight is 395 g/mol. The fourth-order valence-electron chi connectivity index (χ4n) is 3.45. The highest BCUT2D eigenvalue weighted by atomic mass is 35.5. The molecule has 2 atom stereocenters. The Labute approximate surface area is 162 Å². The number of nitrogens with zero attached hydrogens (tertiary/aromatic N) is 3. The number of fused-ring (bicyclic) bond motifs is 1. The molecule has 1 aliphatic heterocycles. The molecule has 2 aromatic heterocycles. The number of carbonyl (C=O) groups excluding carboxylic acids is 1. The van der Waals surface area contributed by atoms with Gasteiger partial charge in [0.15, 0.2) is 0 Å². The summed E-state index contributed by atoms with van der Waals surface area (Å²) >= 11 is 1.58. The molecule has 0 aromatic carbocycles. The zero-order valence-corrected chi connectivity index (χ0v) is 16.0. The molecule has 0 spiro atoms. The first kappa shape index (κ1) is 19.0. The number of H-pyrrole nitrogens is 1. The second-order valence-corrected chi connectivity index (χ2v) is 7.64. The monoisotopic (exact) mass is 394 g/mol. The zero-order valence-electron chi connectivity index (χ0n) is 14.4. The maximum absolute atomic E-state index is 12.7. The number of nitrogens with two attached hydrogens (primary N) is 1. The molecule has 1 amide bonds. The lowest BCUT2D eigenvalue weighted by Crippen LogP contribution is -2.49. The van der Waals surface area contributed by atoms with Gasteiger partial charge in [0.1, 0.15) is 17.8 Å². The summed E-state index contributed by atoms with van der Waals surface area (Å²) in [4.78, 5) is 27.2. The second-order valence-electron chi connectivity index (χ2n) is 6.50. The first-order valence-corrected chi connectivity index (χ1v) is 9.67. The maximum atomic E-state index is 12.7. The molecule has 2 aliphatic rings. The van der Waals surface area contributed by atoms with Crippen LogP contribution < -0.4 is 16.0 Å². The molecule has 4 rings (SSSR count). The predicted octanol–water partition coefficient (Wildman–Crippen LogP) is 2.16. The number of hydrogen-bond donors (Lipinski definition) is 3. The van der Waals surface area contributed by atoms with E-state index in [0.717, 1.165) is 54.8 Å². The van der Waals surface area contributed by atoms with Gasteiger partial charge in [-0.15, -0.1) is 24.2 Å². The second kappa shape index (κ2) is 8.28. The number of aromatic amines is 1. The molecule has 4 N–H and O–H groups in total. The van der Waals surface area contributed by atoms with Crippen LogP contribution in [0.4, 0.5) is 5.82 Å². The standard InChI is InChI=1S/C17H22N6OS.ClH/c18-12-3-1-2-4-13(12)22-17(24)14-9-23(7-8-25-14)16-11-5-6-19-15(11)20-10-21-16;/h5-6,9-10,12-13H,1-4,7-8,18H2,(H,22,24)(H,19,20,21);1H/t12-,13+;/m0./s1. The lowest BCUT2D eigenvalue weighted by atomic mass is 9.91. The summed E-state index contributed by atoms with van der Waals surface area (Å²) in [6, 6.07) is 2.10. The Kier molecular flexibility index (Phi) is 6.05. The van der Waals surface area contributed by atoms with Gasteiger partial charge in [-0.1, -0.05) is 12.8 Å². The number of carbonyl (C=O) groups is 1. The molecule has 1 aliphatic carbocycles. The van der Waals surface area contributed by atoms with Gasteiger partial charge < -0.3 is 20.9 Å². The summed E-state index contributed by atoms with van der Waals surface area (Å²) < 4.78 is 0. The lowest BCUT2D eigenvalue weighted by Gasteiger charge is -2.31. The Balaban J connectivity index is 0.00000196. The smallest absolute Gasteiger partial charge is 0.259 e. The molecule has 9 heteroatoms. The van der Waals surface area contributed by atoms with E-state index < -0.39 is 0 Å². The van der Waals surface area contributed by atoms with Crippen molar-refractivity contribution in [2.24, 2.45) is 5.73 Å². The van der Waals surface area contributed by atoms with Crippen LogP contribution in [0.25, 0.3) is 11.0 Å². The average Bonchev–Trinajstić information content (AvgIpc) is 3.12. The third-order valence-corrected chi connectivity index (χ3v) is 5.82. The van der Waals surface area contributed by atoms with E-state index in [1.807, 2.05) is 23.4 Å². The highest BCUT2D eigenvalue weighted by Crippen LogP contribution is 2.29. The summed E-state index contributed by atoms with van der Waals surface area (Å²) in [5, 5.41) is 4.08. The normalized spacial score (nSPS) is 23.3. The van der Waals surface area contributed by atoms with E-state index in [2.05, 4.69) is 20.3 Å². The molecular weight excluding hydrogens is 372 g/mol. The number of anilines is 1. The van der Waals surface area contributed by atoms with Gasteiger partial charge in [0.2, 0.25) is 0 Å². The molecule has 0 saturated heterocycles. The molecule has 2 aromatic rings. The molecule has 26 heavy (non-hydrogen) atoms. The molecule has 1 fully saturated rings. The quantitative estimate of drug-likeness (QED) is 0.737. The number of nitrogens with one attached hydrogen (secondary N) is 2. The third-order valence-electron chi connectivity index (χ3n) is 4.83. The zero-order chi connectivity index (χ0) is 17.2. The largest absolute Gasteiger partial charge is 0.347 e. The van der Waals surface area contributed by atoms with E-state index in [1.165, 1.54) is 0 Å². The van der Waals surface area contributed by atoms with Crippen molar-refractivity contribution in [3.05, 3.63) is 29.7 Å². The van der Waals surface area contributed by atoms with Crippen LogP contribution in [0.15, 0.2) is 29.7 Å². The fourth-order valence-corrected chi connectivity index (χ4v) is 4.35. The van der Waals surface area contributed by atoms with Crippen molar-refractivity contribution in [2.75, 3.05) is 17.2 Å². The Bertz CT molecular complexity index is 809. The van der Waals surface area contributed by atoms with Gasteiger partial charge in [-0.25, -0.2) is 9.97 Å². The van der Waals surface area contributed by atoms with Gasteiger partial charge in [0.05, 0.1) is 10.3 Å². The van der Waals surface area contributed by atoms with Crippen molar-refractivity contribution in [3.63, 3.8) is 0 Å². The number of amides is 1. The van der Waals surface area contributed by atoms with Crippen molar-refractivity contribution >= 4 is 46.9 Å². The van der Waals surface area contributed by atoms with E-state index in [9.17, 15) is 4.79 Å². The molecule has 1 saturated carbocycles. The minimum atomic E-state index is -0.0311. The maximum Gasteiger partial charge on any atom is 0.259 e. The van der Waals surface area contributed by atoms with Crippen molar-refractivity contribution in [2.45, 2.75) is 37.8 Å². The number of hydrogen-bond acceptors (Lipinski definition) is 6. The molecular formula is C17H23ClN6OS. The van der Waals surface area contributed by atoms with Gasteiger partial charge >= 0.3 is 0 Å². The van der Waals surface area contributed by atoms with Crippen LogP contribution in [0.2, 0.25) is 0 Å². The van der Waals surface area contributed by atoms with Gasteiger partial charge in [0.25, 0.3) is 5.91 Å². The van der Waals surface area contributed by atoms with Crippen LogP contribution in [0.1, 0.15) is 25.7 Å². The van der Waals surface area contributed by atoms with Crippen molar-refractivity contribution in [1.29, 1.82) is 0 Å². The summed E-state index contributed by atoms with van der Waals surface area (Å²) in [5.74, 6) is 1.63. The van der Waals surface area contributed by atoms with Gasteiger partial charge in [-0.05, 0) is 18.9 Å². The molecule has 0 unspecified atom stereocenters. The lowest BCUT2D eigenvalue weighted by molar-refractivity contribution is -0.117. The van der Waals surface area contributed by atoms with E-state index in [1.54, 1.807) is 18.1 Å². The summed E-state index contributed by atoms with van der Waals surface area (Å²) in [7, 11) is 0.